The summed E-state index contributed by atoms with van der Waals surface area (Å²) in [4.78, 5) is 24.1. The van der Waals surface area contributed by atoms with Crippen LogP contribution in [0.2, 0.25) is 5.02 Å². The van der Waals surface area contributed by atoms with Gasteiger partial charge in [-0.25, -0.2) is 4.68 Å². The van der Waals surface area contributed by atoms with Gasteiger partial charge < -0.3 is 0 Å². The van der Waals surface area contributed by atoms with Crippen LogP contribution in [0.3, 0.4) is 0 Å². The van der Waals surface area contributed by atoms with Gasteiger partial charge in [-0.2, -0.15) is 0 Å². The molecule has 0 bridgehead atoms. The van der Waals surface area contributed by atoms with E-state index < -0.39 is 5.91 Å². The Morgan fingerprint density at radius 1 is 1.12 bits per heavy atom. The Kier molecular flexibility index (Phi) is 5.23. The van der Waals surface area contributed by atoms with Gasteiger partial charge in [-0.3, -0.25) is 20.4 Å². The van der Waals surface area contributed by atoms with Gasteiger partial charge in [-0.15, -0.1) is 5.10 Å². The van der Waals surface area contributed by atoms with Crippen molar-refractivity contribution in [3.63, 3.8) is 0 Å². The number of tetrazole rings is 1. The SMILES string of the molecule is Cc1cc(C(=O)NNC(=O)Cc2ccc(Cl)cc2)ccc1-n1cnnn1. The number of nitrogens with one attached hydrogen (secondary N) is 2. The minimum atomic E-state index is -0.416. The standard InChI is InChI=1S/C17H15ClN6O2/c1-11-8-13(4-7-15(11)24-10-19-22-23-24)17(26)21-20-16(25)9-12-2-5-14(18)6-3-12/h2-8,10H,9H2,1H3,(H,20,25)(H,21,26). The first-order valence-corrected chi connectivity index (χ1v) is 8.08. The molecule has 0 unspecified atom stereocenters. The number of rotatable bonds is 4. The molecule has 0 atom stereocenters. The molecule has 2 N–H and O–H groups in total. The highest BCUT2D eigenvalue weighted by molar-refractivity contribution is 6.30. The van der Waals surface area contributed by atoms with Gasteiger partial charge >= 0.3 is 0 Å². The first-order valence-electron chi connectivity index (χ1n) is 7.70. The molecule has 2 aromatic carbocycles. The molecular formula is C17H15ClN6O2. The molecule has 0 radical (unpaired) electrons. The lowest BCUT2D eigenvalue weighted by molar-refractivity contribution is -0.121. The molecule has 0 spiro atoms. The summed E-state index contributed by atoms with van der Waals surface area (Å²) >= 11 is 5.81. The van der Waals surface area contributed by atoms with Crippen molar-refractivity contribution < 1.29 is 9.59 Å². The van der Waals surface area contributed by atoms with E-state index in [1.807, 2.05) is 6.92 Å². The average Bonchev–Trinajstić information content (AvgIpc) is 3.16. The number of halogens is 1. The van der Waals surface area contributed by atoms with Crippen LogP contribution in [0.1, 0.15) is 21.5 Å². The summed E-state index contributed by atoms with van der Waals surface area (Å²) in [6.07, 6.45) is 1.60. The number of hydrogen-bond acceptors (Lipinski definition) is 5. The fourth-order valence-electron chi connectivity index (χ4n) is 2.36. The van der Waals surface area contributed by atoms with Crippen LogP contribution in [0.4, 0.5) is 0 Å². The zero-order valence-corrected chi connectivity index (χ0v) is 14.6. The largest absolute Gasteiger partial charge is 0.273 e. The van der Waals surface area contributed by atoms with Crippen LogP contribution in [0.5, 0.6) is 0 Å². The van der Waals surface area contributed by atoms with Gasteiger partial charge in [-0.05, 0) is 58.8 Å². The number of aromatic nitrogens is 4. The Hall–Kier alpha value is -3.26. The summed E-state index contributed by atoms with van der Waals surface area (Å²) < 4.78 is 1.50. The summed E-state index contributed by atoms with van der Waals surface area (Å²) in [5.74, 6) is -0.747. The Bertz CT molecular complexity index is 925. The van der Waals surface area contributed by atoms with E-state index in [4.69, 9.17) is 11.6 Å². The average molecular weight is 371 g/mol. The van der Waals surface area contributed by atoms with Gasteiger partial charge in [0.25, 0.3) is 5.91 Å². The molecule has 0 aliphatic rings. The fraction of sp³-hybridized carbons (Fsp3) is 0.118. The Morgan fingerprint density at radius 2 is 1.88 bits per heavy atom. The van der Waals surface area contributed by atoms with Gasteiger partial charge in [0.05, 0.1) is 12.1 Å². The summed E-state index contributed by atoms with van der Waals surface area (Å²) in [6, 6.07) is 12.0. The van der Waals surface area contributed by atoms with Crippen molar-refractivity contribution >= 4 is 23.4 Å². The maximum atomic E-state index is 12.2. The summed E-state index contributed by atoms with van der Waals surface area (Å²) in [5, 5.41) is 11.6. The highest BCUT2D eigenvalue weighted by Gasteiger charge is 2.11. The van der Waals surface area contributed by atoms with Crippen molar-refractivity contribution in [2.75, 3.05) is 0 Å². The number of carbonyl (C=O) groups is 2. The molecule has 0 saturated carbocycles. The van der Waals surface area contributed by atoms with Gasteiger partial charge in [0.1, 0.15) is 6.33 Å². The molecule has 9 heteroatoms. The molecule has 0 saturated heterocycles. The number of aryl methyl sites for hydroxylation is 1. The summed E-state index contributed by atoms with van der Waals surface area (Å²) in [7, 11) is 0. The number of amides is 2. The second-order valence-electron chi connectivity index (χ2n) is 5.56. The van der Waals surface area contributed by atoms with Crippen LogP contribution in [0, 0.1) is 6.92 Å². The highest BCUT2D eigenvalue weighted by atomic mass is 35.5. The first-order chi connectivity index (χ1) is 12.5. The van der Waals surface area contributed by atoms with E-state index in [0.717, 1.165) is 16.8 Å². The fourth-order valence-corrected chi connectivity index (χ4v) is 2.48. The molecular weight excluding hydrogens is 356 g/mol. The minimum absolute atomic E-state index is 0.134. The molecule has 26 heavy (non-hydrogen) atoms. The van der Waals surface area contributed by atoms with Crippen molar-refractivity contribution in [1.82, 2.24) is 31.1 Å². The highest BCUT2D eigenvalue weighted by Crippen LogP contribution is 2.14. The molecule has 132 valence electrons. The smallest absolute Gasteiger partial charge is 0.269 e. The van der Waals surface area contributed by atoms with Crippen molar-refractivity contribution in [1.29, 1.82) is 0 Å². The lowest BCUT2D eigenvalue weighted by Crippen LogP contribution is -2.42. The normalized spacial score (nSPS) is 10.4. The first kappa shape index (κ1) is 17.6. The van der Waals surface area contributed by atoms with Gasteiger partial charge in [0, 0.05) is 10.6 Å². The quantitative estimate of drug-likeness (QED) is 0.679. The molecule has 8 nitrogen and oxygen atoms in total. The maximum Gasteiger partial charge on any atom is 0.269 e. The van der Waals surface area contributed by atoms with Crippen molar-refractivity contribution in [2.45, 2.75) is 13.3 Å². The Labute approximate surface area is 154 Å². The zero-order valence-electron chi connectivity index (χ0n) is 13.8. The van der Waals surface area contributed by atoms with Crippen molar-refractivity contribution in [3.8, 4) is 5.69 Å². The molecule has 2 amide bonds. The lowest BCUT2D eigenvalue weighted by atomic mass is 10.1. The number of hydrazine groups is 1. The molecule has 1 heterocycles. The van der Waals surface area contributed by atoms with E-state index >= 15 is 0 Å². The van der Waals surface area contributed by atoms with Crippen LogP contribution in [0.25, 0.3) is 5.69 Å². The lowest BCUT2D eigenvalue weighted by Gasteiger charge is -2.10. The summed E-state index contributed by atoms with van der Waals surface area (Å²) in [6.45, 7) is 1.84. The van der Waals surface area contributed by atoms with E-state index in [9.17, 15) is 9.59 Å². The van der Waals surface area contributed by atoms with E-state index in [2.05, 4.69) is 26.4 Å². The number of nitrogens with zero attached hydrogens (tertiary/aromatic N) is 4. The van der Waals surface area contributed by atoms with Crippen molar-refractivity contribution in [3.05, 3.63) is 70.5 Å². The Balaban J connectivity index is 1.58. The molecule has 0 fully saturated rings. The van der Waals surface area contributed by atoms with Crippen LogP contribution in [-0.4, -0.2) is 32.0 Å². The van der Waals surface area contributed by atoms with Crippen LogP contribution < -0.4 is 10.9 Å². The van der Waals surface area contributed by atoms with Crippen LogP contribution >= 0.6 is 11.6 Å². The van der Waals surface area contributed by atoms with Gasteiger partial charge in [0.2, 0.25) is 5.91 Å². The monoisotopic (exact) mass is 370 g/mol. The predicted molar refractivity (Wildman–Crippen MR) is 94.7 cm³/mol. The minimum Gasteiger partial charge on any atom is -0.273 e. The number of carbonyl (C=O) groups excluding carboxylic acids is 2. The second-order valence-corrected chi connectivity index (χ2v) is 6.00. The third kappa shape index (κ3) is 4.22. The molecule has 3 rings (SSSR count). The summed E-state index contributed by atoms with van der Waals surface area (Å²) in [5.41, 5.74) is 7.58. The maximum absolute atomic E-state index is 12.2. The van der Waals surface area contributed by atoms with E-state index in [-0.39, 0.29) is 12.3 Å². The Morgan fingerprint density at radius 3 is 2.54 bits per heavy atom. The number of benzene rings is 2. The third-order valence-corrected chi connectivity index (χ3v) is 3.90. The van der Waals surface area contributed by atoms with Crippen LogP contribution in [-0.2, 0) is 11.2 Å². The van der Waals surface area contributed by atoms with E-state index in [1.165, 1.54) is 11.0 Å². The van der Waals surface area contributed by atoms with Gasteiger partial charge in [0.15, 0.2) is 0 Å². The number of hydrogen-bond donors (Lipinski definition) is 2. The molecule has 1 aromatic heterocycles. The van der Waals surface area contributed by atoms with Crippen molar-refractivity contribution in [2.24, 2.45) is 0 Å². The third-order valence-electron chi connectivity index (χ3n) is 3.65. The van der Waals surface area contributed by atoms with Gasteiger partial charge in [-0.1, -0.05) is 23.7 Å². The second kappa shape index (κ2) is 7.75. The predicted octanol–water partition coefficient (Wildman–Crippen LogP) is 1.63. The van der Waals surface area contributed by atoms with E-state index in [1.54, 1.807) is 42.5 Å². The molecule has 0 aliphatic carbocycles. The molecule has 3 aromatic rings. The topological polar surface area (TPSA) is 102 Å². The van der Waals surface area contributed by atoms with E-state index in [0.29, 0.717) is 10.6 Å². The van der Waals surface area contributed by atoms with Crippen LogP contribution in [0.15, 0.2) is 48.8 Å². The zero-order chi connectivity index (χ0) is 18.5. The molecule has 0 aliphatic heterocycles.